The second-order valence-corrected chi connectivity index (χ2v) is 9.61. The largest absolute Gasteiger partial charge is 0.481 e. The Labute approximate surface area is 193 Å². The highest BCUT2D eigenvalue weighted by atomic mass is 35.5. The van der Waals surface area contributed by atoms with Crippen molar-refractivity contribution < 1.29 is 18.3 Å². The molecule has 0 aliphatic rings. The van der Waals surface area contributed by atoms with Gasteiger partial charge < -0.3 is 5.11 Å². The van der Waals surface area contributed by atoms with E-state index in [-0.39, 0.29) is 11.3 Å². The average molecular weight is 476 g/mol. The lowest BCUT2D eigenvalue weighted by Crippen LogP contribution is -2.13. The van der Waals surface area contributed by atoms with E-state index in [2.05, 4.69) is 9.82 Å². The Hall–Kier alpha value is -2.84. The lowest BCUT2D eigenvalue weighted by atomic mass is 10.1. The Morgan fingerprint density at radius 1 is 1.12 bits per heavy atom. The van der Waals surface area contributed by atoms with Crippen molar-refractivity contribution in [2.24, 2.45) is 0 Å². The van der Waals surface area contributed by atoms with E-state index in [4.69, 9.17) is 11.6 Å². The quantitative estimate of drug-likeness (QED) is 0.476. The zero-order chi connectivity index (χ0) is 23.5. The molecule has 9 heteroatoms. The smallest absolute Gasteiger partial charge is 0.307 e. The van der Waals surface area contributed by atoms with Crippen molar-refractivity contribution in [1.29, 1.82) is 0 Å². The van der Waals surface area contributed by atoms with Crippen LogP contribution in [0.25, 0.3) is 0 Å². The Bertz CT molecular complexity index is 1230. The zero-order valence-corrected chi connectivity index (χ0v) is 19.8. The normalized spacial score (nSPS) is 11.5. The first-order valence-corrected chi connectivity index (χ1v) is 12.2. The minimum atomic E-state index is -3.76. The summed E-state index contributed by atoms with van der Waals surface area (Å²) in [6.07, 6.45) is 1.25. The molecule has 3 aromatic rings. The van der Waals surface area contributed by atoms with Gasteiger partial charge in [-0.3, -0.25) is 14.2 Å². The number of halogens is 1. The number of nitrogens with one attached hydrogen (secondary N) is 1. The summed E-state index contributed by atoms with van der Waals surface area (Å²) >= 11 is 6.09. The molecule has 2 N–H and O–H groups in total. The molecule has 0 spiro atoms. The second-order valence-electron chi connectivity index (χ2n) is 7.52. The molecule has 7 nitrogen and oxygen atoms in total. The number of anilines is 1. The van der Waals surface area contributed by atoms with Gasteiger partial charge in [0, 0.05) is 16.3 Å². The number of carbonyl (C=O) groups is 1. The van der Waals surface area contributed by atoms with E-state index in [9.17, 15) is 18.3 Å². The van der Waals surface area contributed by atoms with Crippen LogP contribution in [0.5, 0.6) is 0 Å². The summed E-state index contributed by atoms with van der Waals surface area (Å²) in [5, 5.41) is 14.3. The highest BCUT2D eigenvalue weighted by Gasteiger charge is 2.19. The van der Waals surface area contributed by atoms with Crippen molar-refractivity contribution in [3.63, 3.8) is 0 Å². The van der Waals surface area contributed by atoms with Crippen molar-refractivity contribution in [2.45, 2.75) is 51.5 Å². The number of hydrogen-bond donors (Lipinski definition) is 2. The molecule has 0 atom stereocenters. The third-order valence-electron chi connectivity index (χ3n) is 5.24. The molecule has 3 rings (SSSR count). The van der Waals surface area contributed by atoms with Crippen LogP contribution in [0.1, 0.15) is 41.9 Å². The average Bonchev–Trinajstić information content (AvgIpc) is 3.06. The zero-order valence-electron chi connectivity index (χ0n) is 18.2. The SMILES string of the molecule is CCc1nn(Cc2ccc(S(=O)(=O)Nc3ccc(C)c(Cl)c3)cc2)c(CC)c1CC(=O)O. The molecule has 170 valence electrons. The first kappa shape index (κ1) is 23.8. The van der Waals surface area contributed by atoms with Gasteiger partial charge in [0.2, 0.25) is 0 Å². The van der Waals surface area contributed by atoms with Gasteiger partial charge in [0.1, 0.15) is 0 Å². The van der Waals surface area contributed by atoms with E-state index in [1.807, 2.05) is 25.5 Å². The fourth-order valence-corrected chi connectivity index (χ4v) is 4.80. The van der Waals surface area contributed by atoms with Crippen LogP contribution in [0.15, 0.2) is 47.4 Å². The number of aromatic nitrogens is 2. The molecule has 0 saturated heterocycles. The number of rotatable bonds is 9. The van der Waals surface area contributed by atoms with E-state index in [1.165, 1.54) is 0 Å². The first-order chi connectivity index (χ1) is 15.1. The summed E-state index contributed by atoms with van der Waals surface area (Å²) in [7, 11) is -3.76. The van der Waals surface area contributed by atoms with Gasteiger partial charge in [0.25, 0.3) is 10.0 Å². The maximum Gasteiger partial charge on any atom is 0.307 e. The van der Waals surface area contributed by atoms with Gasteiger partial charge in [-0.05, 0) is 55.2 Å². The molecule has 2 aromatic carbocycles. The van der Waals surface area contributed by atoms with Gasteiger partial charge in [-0.25, -0.2) is 8.42 Å². The van der Waals surface area contributed by atoms with Crippen LogP contribution < -0.4 is 4.72 Å². The summed E-state index contributed by atoms with van der Waals surface area (Å²) in [6.45, 7) is 6.19. The number of nitrogens with zero attached hydrogens (tertiary/aromatic N) is 2. The minimum absolute atomic E-state index is 0.0573. The van der Waals surface area contributed by atoms with Gasteiger partial charge in [-0.15, -0.1) is 0 Å². The molecule has 1 aromatic heterocycles. The van der Waals surface area contributed by atoms with Gasteiger partial charge in [-0.1, -0.05) is 43.6 Å². The van der Waals surface area contributed by atoms with Crippen LogP contribution >= 0.6 is 11.6 Å². The fraction of sp³-hybridized carbons (Fsp3) is 0.304. The molecule has 1 heterocycles. The van der Waals surface area contributed by atoms with Gasteiger partial charge in [0.05, 0.1) is 29.2 Å². The summed E-state index contributed by atoms with van der Waals surface area (Å²) in [4.78, 5) is 11.4. The predicted octanol–water partition coefficient (Wildman–Crippen LogP) is 4.45. The van der Waals surface area contributed by atoms with Crippen LogP contribution in [0.2, 0.25) is 5.02 Å². The molecule has 0 amide bonds. The van der Waals surface area contributed by atoms with Gasteiger partial charge in [-0.2, -0.15) is 5.10 Å². The number of aryl methyl sites for hydroxylation is 2. The van der Waals surface area contributed by atoms with Crippen molar-refractivity contribution in [1.82, 2.24) is 9.78 Å². The van der Waals surface area contributed by atoms with Crippen LogP contribution in [-0.2, 0) is 40.6 Å². The second kappa shape index (κ2) is 9.75. The van der Waals surface area contributed by atoms with E-state index in [0.717, 1.165) is 28.1 Å². The van der Waals surface area contributed by atoms with Crippen LogP contribution in [0.4, 0.5) is 5.69 Å². The number of sulfonamides is 1. The number of benzene rings is 2. The number of carboxylic acids is 1. The Kier molecular flexibility index (Phi) is 7.26. The van der Waals surface area contributed by atoms with Crippen molar-refractivity contribution >= 4 is 33.3 Å². The molecule has 0 aliphatic carbocycles. The molecule has 0 fully saturated rings. The van der Waals surface area contributed by atoms with Crippen molar-refractivity contribution in [2.75, 3.05) is 4.72 Å². The minimum Gasteiger partial charge on any atom is -0.481 e. The van der Waals surface area contributed by atoms with E-state index in [0.29, 0.717) is 30.1 Å². The van der Waals surface area contributed by atoms with Gasteiger partial charge >= 0.3 is 5.97 Å². The molecule has 0 unspecified atom stereocenters. The maximum absolute atomic E-state index is 12.7. The van der Waals surface area contributed by atoms with E-state index >= 15 is 0 Å². The van der Waals surface area contributed by atoms with E-state index < -0.39 is 16.0 Å². The standard InChI is InChI=1S/C23H26ClN3O4S/c1-4-21-19(13-23(28)29)22(5-2)27(25-21)14-16-7-10-18(11-8-16)32(30,31)26-17-9-6-15(3)20(24)12-17/h6-12,26H,4-5,13-14H2,1-3H3,(H,28,29). The Morgan fingerprint density at radius 3 is 2.38 bits per heavy atom. The lowest BCUT2D eigenvalue weighted by Gasteiger charge is -2.11. The summed E-state index contributed by atoms with van der Waals surface area (Å²) in [5.41, 5.74) is 4.56. The number of carboxylic acid groups (broad SMARTS) is 1. The lowest BCUT2D eigenvalue weighted by molar-refractivity contribution is -0.136. The fourth-order valence-electron chi connectivity index (χ4n) is 3.57. The monoisotopic (exact) mass is 475 g/mol. The molecule has 32 heavy (non-hydrogen) atoms. The van der Waals surface area contributed by atoms with Crippen LogP contribution in [0, 0.1) is 6.92 Å². The first-order valence-electron chi connectivity index (χ1n) is 10.3. The molecule has 0 aliphatic heterocycles. The highest BCUT2D eigenvalue weighted by molar-refractivity contribution is 7.92. The molecule has 0 saturated carbocycles. The maximum atomic E-state index is 12.7. The number of hydrogen-bond acceptors (Lipinski definition) is 4. The third-order valence-corrected chi connectivity index (χ3v) is 7.04. The molecular weight excluding hydrogens is 450 g/mol. The molecule has 0 bridgehead atoms. The molecule has 0 radical (unpaired) electrons. The van der Waals surface area contributed by atoms with Crippen molar-refractivity contribution in [3.05, 3.63) is 75.6 Å². The third kappa shape index (κ3) is 5.31. The van der Waals surface area contributed by atoms with Gasteiger partial charge in [0.15, 0.2) is 0 Å². The van der Waals surface area contributed by atoms with Crippen LogP contribution in [0.3, 0.4) is 0 Å². The molecular formula is C23H26ClN3O4S. The number of aliphatic carboxylic acids is 1. The highest BCUT2D eigenvalue weighted by Crippen LogP contribution is 2.23. The Balaban J connectivity index is 1.82. The summed E-state index contributed by atoms with van der Waals surface area (Å²) < 4.78 is 29.8. The van der Waals surface area contributed by atoms with Crippen molar-refractivity contribution in [3.8, 4) is 0 Å². The summed E-state index contributed by atoms with van der Waals surface area (Å²) in [5.74, 6) is -0.883. The topological polar surface area (TPSA) is 101 Å². The van der Waals surface area contributed by atoms with Crippen LogP contribution in [-0.4, -0.2) is 29.3 Å². The summed E-state index contributed by atoms with van der Waals surface area (Å²) in [6, 6.07) is 11.6. The predicted molar refractivity (Wildman–Crippen MR) is 125 cm³/mol. The van der Waals surface area contributed by atoms with E-state index in [1.54, 1.807) is 42.5 Å². The Morgan fingerprint density at radius 2 is 1.81 bits per heavy atom.